The van der Waals surface area contributed by atoms with Gasteiger partial charge >= 0.3 is 0 Å². The maximum Gasteiger partial charge on any atom is 0.0347 e. The molecule has 1 aliphatic carbocycles. The number of benzene rings is 2. The maximum absolute atomic E-state index is 6.11. The molecule has 0 spiro atoms. The summed E-state index contributed by atoms with van der Waals surface area (Å²) in [5, 5.41) is 0. The Labute approximate surface area is 165 Å². The Morgan fingerprint density at radius 2 is 1.85 bits per heavy atom. The van der Waals surface area contributed by atoms with Crippen LogP contribution in [0.1, 0.15) is 24.5 Å². The van der Waals surface area contributed by atoms with Crippen LogP contribution in [0.5, 0.6) is 0 Å². The molecule has 136 valence electrons. The van der Waals surface area contributed by atoms with Gasteiger partial charge in [-0.2, -0.15) is 0 Å². The molecule has 26 heavy (non-hydrogen) atoms. The molecule has 0 heterocycles. The lowest BCUT2D eigenvalue weighted by atomic mass is 9.96. The normalized spacial score (nSPS) is 16.5. The van der Waals surface area contributed by atoms with Crippen LogP contribution in [-0.4, -0.2) is 0 Å². The minimum Gasteiger partial charge on any atom is -0.399 e. The lowest BCUT2D eigenvalue weighted by Gasteiger charge is -2.12. The van der Waals surface area contributed by atoms with E-state index in [1.165, 1.54) is 11.1 Å². The summed E-state index contributed by atoms with van der Waals surface area (Å²) < 4.78 is 1.11. The molecule has 0 aromatic heterocycles. The second-order valence-corrected chi connectivity index (χ2v) is 7.33. The van der Waals surface area contributed by atoms with Gasteiger partial charge in [0.25, 0.3) is 0 Å². The number of rotatable bonds is 4. The van der Waals surface area contributed by atoms with Gasteiger partial charge < -0.3 is 11.5 Å². The molecule has 0 radical (unpaired) electrons. The fourth-order valence-electron chi connectivity index (χ4n) is 2.57. The van der Waals surface area contributed by atoms with Crippen molar-refractivity contribution in [3.8, 4) is 0 Å². The summed E-state index contributed by atoms with van der Waals surface area (Å²) in [6.45, 7) is 2.85. The zero-order chi connectivity index (χ0) is 18.8. The number of nitrogens with two attached hydrogens (primary N) is 2. The van der Waals surface area contributed by atoms with Gasteiger partial charge in [0.1, 0.15) is 0 Å². The molecule has 1 unspecified atom stereocenters. The van der Waals surface area contributed by atoms with Crippen molar-refractivity contribution in [3.63, 3.8) is 0 Å². The van der Waals surface area contributed by atoms with E-state index in [1.807, 2.05) is 42.5 Å². The number of hydrogen-bond donors (Lipinski definition) is 2. The first-order valence-electron chi connectivity index (χ1n) is 8.91. The third-order valence-corrected chi connectivity index (χ3v) is 4.67. The topological polar surface area (TPSA) is 52.0 Å². The molecule has 0 aliphatic heterocycles. The molecule has 2 aromatic rings. The van der Waals surface area contributed by atoms with Gasteiger partial charge in [0, 0.05) is 16.7 Å². The minimum absolute atomic E-state index is 0.631. The molecular weight excluding hydrogens is 384 g/mol. The summed E-state index contributed by atoms with van der Waals surface area (Å²) in [5.74, 6) is 0.631. The molecule has 0 saturated heterocycles. The van der Waals surface area contributed by atoms with Crippen LogP contribution >= 0.6 is 15.9 Å². The zero-order valence-corrected chi connectivity index (χ0v) is 16.8. The van der Waals surface area contributed by atoms with Crippen molar-refractivity contribution in [1.82, 2.24) is 0 Å². The van der Waals surface area contributed by atoms with Crippen LogP contribution < -0.4 is 11.5 Å². The first-order chi connectivity index (χ1) is 12.6. The van der Waals surface area contributed by atoms with E-state index in [9.17, 15) is 0 Å². The molecular formula is C23H27BrN2. The third kappa shape index (κ3) is 7.03. The summed E-state index contributed by atoms with van der Waals surface area (Å²) in [6, 6.07) is 18.3. The van der Waals surface area contributed by atoms with E-state index in [0.717, 1.165) is 28.6 Å². The van der Waals surface area contributed by atoms with Gasteiger partial charge in [-0.05, 0) is 47.6 Å². The van der Waals surface area contributed by atoms with Crippen LogP contribution in [0.2, 0.25) is 0 Å². The molecule has 1 aliphatic rings. The number of hydrogen-bond acceptors (Lipinski definition) is 2. The summed E-state index contributed by atoms with van der Waals surface area (Å²) in [7, 11) is 0. The van der Waals surface area contributed by atoms with Crippen molar-refractivity contribution in [2.45, 2.75) is 26.3 Å². The second kappa shape index (κ2) is 10.8. The number of halogens is 1. The molecule has 0 saturated carbocycles. The highest BCUT2D eigenvalue weighted by molar-refractivity contribution is 9.10. The van der Waals surface area contributed by atoms with Crippen molar-refractivity contribution >= 4 is 15.9 Å². The Morgan fingerprint density at radius 3 is 2.42 bits per heavy atom. The van der Waals surface area contributed by atoms with Gasteiger partial charge in [0.2, 0.25) is 0 Å². The van der Waals surface area contributed by atoms with Gasteiger partial charge in [-0.25, -0.2) is 0 Å². The highest BCUT2D eigenvalue weighted by Crippen LogP contribution is 2.19. The Morgan fingerprint density at radius 1 is 1.12 bits per heavy atom. The molecule has 2 nitrogen and oxygen atoms in total. The lowest BCUT2D eigenvalue weighted by molar-refractivity contribution is 0.731. The largest absolute Gasteiger partial charge is 0.399 e. The Hall–Kier alpha value is -2.10. The molecule has 3 rings (SSSR count). The molecule has 3 heteroatoms. The van der Waals surface area contributed by atoms with E-state index < -0.39 is 0 Å². The van der Waals surface area contributed by atoms with Gasteiger partial charge in [0.15, 0.2) is 0 Å². The third-order valence-electron chi connectivity index (χ3n) is 4.17. The molecule has 0 fully saturated rings. The van der Waals surface area contributed by atoms with Crippen LogP contribution in [0.25, 0.3) is 0 Å². The number of allylic oxidation sites excluding steroid dienone is 4. The van der Waals surface area contributed by atoms with Gasteiger partial charge in [-0.1, -0.05) is 89.6 Å². The van der Waals surface area contributed by atoms with Crippen LogP contribution in [0.4, 0.5) is 0 Å². The SMILES string of the molecule is CC1C=CC(/C(N)=C/Cc2cccc(Br)c2)=CC1.NCc1ccccc1. The lowest BCUT2D eigenvalue weighted by Crippen LogP contribution is -2.04. The summed E-state index contributed by atoms with van der Waals surface area (Å²) in [5.41, 5.74) is 15.9. The first-order valence-corrected chi connectivity index (χ1v) is 9.70. The molecule has 1 atom stereocenters. The Bertz CT molecular complexity index is 776. The van der Waals surface area contributed by atoms with Gasteiger partial charge in [-0.3, -0.25) is 0 Å². The van der Waals surface area contributed by atoms with E-state index in [0.29, 0.717) is 12.5 Å². The molecule has 2 aromatic carbocycles. The summed E-state index contributed by atoms with van der Waals surface area (Å²) in [4.78, 5) is 0. The van der Waals surface area contributed by atoms with Crippen LogP contribution in [-0.2, 0) is 13.0 Å². The quantitative estimate of drug-likeness (QED) is 0.698. The summed E-state index contributed by atoms with van der Waals surface area (Å²) in [6.07, 6.45) is 10.6. The standard InChI is InChI=1S/C16H18BrN.C7H9N/c1-12-5-8-14(9-6-12)16(18)10-7-13-3-2-4-15(17)11-13;8-6-7-4-2-1-3-5-7/h2-5,8-12H,6-7,18H2,1H3;1-5H,6,8H2/b16-10-;. The molecule has 4 N–H and O–H groups in total. The van der Waals surface area contributed by atoms with Crippen molar-refractivity contribution in [2.24, 2.45) is 17.4 Å². The molecule has 0 amide bonds. The van der Waals surface area contributed by atoms with Crippen LogP contribution in [0, 0.1) is 5.92 Å². The van der Waals surface area contributed by atoms with E-state index >= 15 is 0 Å². The van der Waals surface area contributed by atoms with Gasteiger partial charge in [-0.15, -0.1) is 0 Å². The van der Waals surface area contributed by atoms with Crippen molar-refractivity contribution < 1.29 is 0 Å². The fraction of sp³-hybridized carbons (Fsp3) is 0.217. The predicted molar refractivity (Wildman–Crippen MR) is 115 cm³/mol. The van der Waals surface area contributed by atoms with E-state index in [2.05, 4.69) is 59.3 Å². The second-order valence-electron chi connectivity index (χ2n) is 6.41. The fourth-order valence-corrected chi connectivity index (χ4v) is 3.01. The van der Waals surface area contributed by atoms with E-state index in [-0.39, 0.29) is 0 Å². The van der Waals surface area contributed by atoms with Crippen molar-refractivity contribution in [3.05, 3.63) is 106 Å². The monoisotopic (exact) mass is 410 g/mol. The van der Waals surface area contributed by atoms with E-state index in [1.54, 1.807) is 0 Å². The predicted octanol–water partition coefficient (Wildman–Crippen LogP) is 5.50. The smallest absolute Gasteiger partial charge is 0.0347 e. The van der Waals surface area contributed by atoms with Crippen molar-refractivity contribution in [1.29, 1.82) is 0 Å². The molecule has 0 bridgehead atoms. The minimum atomic E-state index is 0.631. The van der Waals surface area contributed by atoms with Crippen LogP contribution in [0.15, 0.2) is 94.6 Å². The van der Waals surface area contributed by atoms with Crippen LogP contribution in [0.3, 0.4) is 0 Å². The summed E-state index contributed by atoms with van der Waals surface area (Å²) >= 11 is 3.48. The average Bonchev–Trinajstić information content (AvgIpc) is 2.68. The Kier molecular flexibility index (Phi) is 8.39. The average molecular weight is 411 g/mol. The highest BCUT2D eigenvalue weighted by Gasteiger charge is 2.05. The van der Waals surface area contributed by atoms with Gasteiger partial charge in [0.05, 0.1) is 0 Å². The van der Waals surface area contributed by atoms with E-state index in [4.69, 9.17) is 11.5 Å². The highest BCUT2D eigenvalue weighted by atomic mass is 79.9. The Balaban J connectivity index is 0.000000254. The zero-order valence-electron chi connectivity index (χ0n) is 15.2. The first kappa shape index (κ1) is 20.2. The maximum atomic E-state index is 6.11. The van der Waals surface area contributed by atoms with Crippen molar-refractivity contribution in [2.75, 3.05) is 0 Å².